The normalized spacial score (nSPS) is 22.2. The topological polar surface area (TPSA) is 64.3 Å². The van der Waals surface area contributed by atoms with Crippen LogP contribution in [0, 0.1) is 5.92 Å². The molecule has 1 saturated heterocycles. The van der Waals surface area contributed by atoms with Crippen molar-refractivity contribution in [2.24, 2.45) is 13.0 Å². The first-order chi connectivity index (χ1) is 8.38. The van der Waals surface area contributed by atoms with E-state index in [4.69, 9.17) is 0 Å². The Kier molecular flexibility index (Phi) is 3.63. The summed E-state index contributed by atoms with van der Waals surface area (Å²) in [5.74, 6) is 0.216. The quantitative estimate of drug-likeness (QED) is 0.770. The van der Waals surface area contributed by atoms with Gasteiger partial charge in [-0.1, -0.05) is 0 Å². The molecule has 1 aliphatic rings. The first kappa shape index (κ1) is 13.4. The molecule has 2 heterocycles. The molecule has 7 heteroatoms. The maximum absolute atomic E-state index is 11.7. The van der Waals surface area contributed by atoms with Crippen LogP contribution in [0.5, 0.6) is 0 Å². The van der Waals surface area contributed by atoms with Gasteiger partial charge < -0.3 is 4.57 Å². The van der Waals surface area contributed by atoms with Gasteiger partial charge in [-0.2, -0.15) is 0 Å². The molecule has 1 aliphatic heterocycles. The number of aromatic nitrogens is 2. The Hall–Kier alpha value is -1.08. The van der Waals surface area contributed by atoms with Crippen LogP contribution in [0.4, 0.5) is 0 Å². The SMILES string of the molecule is Cn1ccn(CC2CCCN(S(C)(=O)=O)C2)c1=O. The molecule has 0 radical (unpaired) electrons. The summed E-state index contributed by atoms with van der Waals surface area (Å²) < 4.78 is 27.7. The van der Waals surface area contributed by atoms with Gasteiger partial charge in [-0.3, -0.25) is 4.57 Å². The molecular formula is C11H19N3O3S. The number of nitrogens with zero attached hydrogens (tertiary/aromatic N) is 3. The van der Waals surface area contributed by atoms with Crippen LogP contribution in [0.2, 0.25) is 0 Å². The van der Waals surface area contributed by atoms with Gasteiger partial charge in [0.1, 0.15) is 0 Å². The van der Waals surface area contributed by atoms with Crippen molar-refractivity contribution in [3.05, 3.63) is 22.9 Å². The summed E-state index contributed by atoms with van der Waals surface area (Å²) in [7, 11) is -1.40. The van der Waals surface area contributed by atoms with Crippen LogP contribution < -0.4 is 5.69 Å². The standard InChI is InChI=1S/C11H19N3O3S/c1-12-6-7-13(11(12)15)8-10-4-3-5-14(9-10)18(2,16)17/h6-7,10H,3-5,8-9H2,1-2H3. The zero-order valence-corrected chi connectivity index (χ0v) is 11.6. The van der Waals surface area contributed by atoms with Gasteiger partial charge in [-0.15, -0.1) is 0 Å². The van der Waals surface area contributed by atoms with Gasteiger partial charge in [0.15, 0.2) is 0 Å². The monoisotopic (exact) mass is 273 g/mol. The summed E-state index contributed by atoms with van der Waals surface area (Å²) >= 11 is 0. The second-order valence-electron chi connectivity index (χ2n) is 4.97. The lowest BCUT2D eigenvalue weighted by molar-refractivity contribution is 0.244. The van der Waals surface area contributed by atoms with Crippen LogP contribution in [0.1, 0.15) is 12.8 Å². The van der Waals surface area contributed by atoms with E-state index in [0.717, 1.165) is 12.8 Å². The average molecular weight is 273 g/mol. The van der Waals surface area contributed by atoms with Crippen LogP contribution in [-0.2, 0) is 23.6 Å². The van der Waals surface area contributed by atoms with Crippen molar-refractivity contribution in [2.45, 2.75) is 19.4 Å². The molecule has 0 bridgehead atoms. The van der Waals surface area contributed by atoms with E-state index in [2.05, 4.69) is 0 Å². The predicted molar refractivity (Wildman–Crippen MR) is 68.8 cm³/mol. The molecule has 1 unspecified atom stereocenters. The number of hydrogen-bond acceptors (Lipinski definition) is 3. The molecule has 1 fully saturated rings. The highest BCUT2D eigenvalue weighted by molar-refractivity contribution is 7.88. The second kappa shape index (κ2) is 4.89. The highest BCUT2D eigenvalue weighted by atomic mass is 32.2. The Morgan fingerprint density at radius 3 is 2.67 bits per heavy atom. The predicted octanol–water partition coefficient (Wildman–Crippen LogP) is -0.142. The van der Waals surface area contributed by atoms with E-state index in [0.29, 0.717) is 19.6 Å². The van der Waals surface area contributed by atoms with Crippen LogP contribution in [0.25, 0.3) is 0 Å². The lowest BCUT2D eigenvalue weighted by atomic mass is 10.00. The van der Waals surface area contributed by atoms with E-state index in [1.807, 2.05) is 0 Å². The van der Waals surface area contributed by atoms with E-state index in [9.17, 15) is 13.2 Å². The minimum atomic E-state index is -3.12. The minimum absolute atomic E-state index is 0.0496. The summed E-state index contributed by atoms with van der Waals surface area (Å²) in [5.41, 5.74) is -0.0496. The van der Waals surface area contributed by atoms with E-state index >= 15 is 0 Å². The maximum Gasteiger partial charge on any atom is 0.327 e. The lowest BCUT2D eigenvalue weighted by Gasteiger charge is -2.30. The largest absolute Gasteiger partial charge is 0.327 e. The van der Waals surface area contributed by atoms with Crippen LogP contribution in [-0.4, -0.2) is 41.2 Å². The van der Waals surface area contributed by atoms with Gasteiger partial charge in [0.05, 0.1) is 6.26 Å². The summed E-state index contributed by atoms with van der Waals surface area (Å²) in [6, 6.07) is 0. The number of hydrogen-bond donors (Lipinski definition) is 0. The summed E-state index contributed by atoms with van der Waals surface area (Å²) in [5, 5.41) is 0. The van der Waals surface area contributed by atoms with Gasteiger partial charge in [0, 0.05) is 39.1 Å². The molecule has 18 heavy (non-hydrogen) atoms. The van der Waals surface area contributed by atoms with Crippen molar-refractivity contribution in [3.8, 4) is 0 Å². The maximum atomic E-state index is 11.7. The summed E-state index contributed by atoms with van der Waals surface area (Å²) in [6.45, 7) is 1.70. The molecule has 0 aromatic carbocycles. The molecule has 0 amide bonds. The van der Waals surface area contributed by atoms with Crippen molar-refractivity contribution in [1.29, 1.82) is 0 Å². The fraction of sp³-hybridized carbons (Fsp3) is 0.727. The zero-order valence-electron chi connectivity index (χ0n) is 10.7. The molecule has 1 aromatic rings. The highest BCUT2D eigenvalue weighted by Gasteiger charge is 2.26. The molecule has 0 saturated carbocycles. The van der Waals surface area contributed by atoms with Crippen molar-refractivity contribution in [3.63, 3.8) is 0 Å². The Bertz CT molecular complexity index is 573. The summed E-state index contributed by atoms with van der Waals surface area (Å²) in [6.07, 6.45) is 6.54. The third-order valence-corrected chi connectivity index (χ3v) is 4.69. The Labute approximate surface area is 107 Å². The fourth-order valence-electron chi connectivity index (χ4n) is 2.40. The van der Waals surface area contributed by atoms with Crippen molar-refractivity contribution >= 4 is 10.0 Å². The first-order valence-corrected chi connectivity index (χ1v) is 7.89. The number of piperidine rings is 1. The smallest absolute Gasteiger partial charge is 0.302 e. The zero-order chi connectivity index (χ0) is 13.3. The third kappa shape index (κ3) is 2.84. The van der Waals surface area contributed by atoms with E-state index in [1.165, 1.54) is 15.1 Å². The van der Waals surface area contributed by atoms with E-state index in [-0.39, 0.29) is 11.6 Å². The van der Waals surface area contributed by atoms with E-state index in [1.54, 1.807) is 24.0 Å². The first-order valence-electron chi connectivity index (χ1n) is 6.05. The van der Waals surface area contributed by atoms with Crippen LogP contribution >= 0.6 is 0 Å². The second-order valence-corrected chi connectivity index (χ2v) is 6.96. The van der Waals surface area contributed by atoms with Gasteiger partial charge in [0.25, 0.3) is 0 Å². The van der Waals surface area contributed by atoms with Gasteiger partial charge >= 0.3 is 5.69 Å². The van der Waals surface area contributed by atoms with Gasteiger partial charge in [-0.25, -0.2) is 17.5 Å². The Morgan fingerprint density at radius 1 is 1.39 bits per heavy atom. The molecule has 2 rings (SSSR count). The Morgan fingerprint density at radius 2 is 2.11 bits per heavy atom. The number of sulfonamides is 1. The molecule has 102 valence electrons. The van der Waals surface area contributed by atoms with Crippen LogP contribution in [0.15, 0.2) is 17.2 Å². The molecule has 1 atom stereocenters. The number of imidazole rings is 1. The molecule has 0 spiro atoms. The average Bonchev–Trinajstić information content (AvgIpc) is 2.60. The molecule has 0 aliphatic carbocycles. The fourth-order valence-corrected chi connectivity index (χ4v) is 3.35. The highest BCUT2D eigenvalue weighted by Crippen LogP contribution is 2.19. The lowest BCUT2D eigenvalue weighted by Crippen LogP contribution is -2.41. The molecular weight excluding hydrogens is 254 g/mol. The number of aryl methyl sites for hydroxylation is 1. The van der Waals surface area contributed by atoms with Gasteiger partial charge in [-0.05, 0) is 18.8 Å². The number of rotatable bonds is 3. The molecule has 1 aromatic heterocycles. The van der Waals surface area contributed by atoms with Crippen LogP contribution in [0.3, 0.4) is 0 Å². The molecule has 6 nitrogen and oxygen atoms in total. The van der Waals surface area contributed by atoms with E-state index < -0.39 is 10.0 Å². The molecule has 0 N–H and O–H groups in total. The van der Waals surface area contributed by atoms with Crippen molar-refractivity contribution < 1.29 is 8.42 Å². The van der Waals surface area contributed by atoms with Gasteiger partial charge in [0.2, 0.25) is 10.0 Å². The minimum Gasteiger partial charge on any atom is -0.302 e. The van der Waals surface area contributed by atoms with Crippen molar-refractivity contribution in [2.75, 3.05) is 19.3 Å². The Balaban J connectivity index is 2.07. The summed E-state index contributed by atoms with van der Waals surface area (Å²) in [4.78, 5) is 11.7. The third-order valence-electron chi connectivity index (χ3n) is 3.42. The van der Waals surface area contributed by atoms with Crippen molar-refractivity contribution in [1.82, 2.24) is 13.4 Å².